The van der Waals surface area contributed by atoms with Crippen LogP contribution in [0.4, 0.5) is 5.69 Å². The first-order valence-electron chi connectivity index (χ1n) is 9.42. The number of rotatable bonds is 10. The van der Waals surface area contributed by atoms with Gasteiger partial charge in [-0.05, 0) is 67.6 Å². The number of halogens is 1. The van der Waals surface area contributed by atoms with E-state index in [-0.39, 0.29) is 12.5 Å². The molecular weight excluding hydrogens is 400 g/mol. The van der Waals surface area contributed by atoms with Crippen LogP contribution in [0.25, 0.3) is 0 Å². The van der Waals surface area contributed by atoms with E-state index in [2.05, 4.69) is 49.7 Å². The molecule has 0 fully saturated rings. The van der Waals surface area contributed by atoms with Gasteiger partial charge in [0.1, 0.15) is 6.54 Å². The van der Waals surface area contributed by atoms with E-state index in [0.717, 1.165) is 21.7 Å². The van der Waals surface area contributed by atoms with Gasteiger partial charge in [0, 0.05) is 16.5 Å². The van der Waals surface area contributed by atoms with Gasteiger partial charge in [0.2, 0.25) is 5.91 Å². The largest absolute Gasteiger partial charge is 0.354 e. The van der Waals surface area contributed by atoms with E-state index in [1.165, 1.54) is 17.5 Å². The van der Waals surface area contributed by atoms with Gasteiger partial charge in [-0.1, -0.05) is 66.7 Å². The smallest absolute Gasteiger partial charge is 0.240 e. The third-order valence-electron chi connectivity index (χ3n) is 4.36. The molecule has 0 aliphatic carbocycles. The van der Waals surface area contributed by atoms with Gasteiger partial charge in [0.15, 0.2) is 0 Å². The van der Waals surface area contributed by atoms with Crippen LogP contribution in [0.5, 0.6) is 0 Å². The molecule has 0 aromatic heterocycles. The second-order valence-corrected chi connectivity index (χ2v) is 8.11. The topological polar surface area (TPSA) is 32.3 Å². The summed E-state index contributed by atoms with van der Waals surface area (Å²) in [7, 11) is 0. The van der Waals surface area contributed by atoms with Crippen LogP contribution < -0.4 is 9.62 Å². The Labute approximate surface area is 183 Å². The second-order valence-electron chi connectivity index (χ2n) is 6.61. The molecule has 0 bridgehead atoms. The normalized spacial score (nSPS) is 11.1. The summed E-state index contributed by atoms with van der Waals surface area (Å²) in [6.45, 7) is 12.3. The van der Waals surface area contributed by atoms with E-state index in [0.29, 0.717) is 18.0 Å². The molecule has 0 atom stereocenters. The van der Waals surface area contributed by atoms with Crippen LogP contribution >= 0.6 is 23.5 Å². The second kappa shape index (κ2) is 11.5. The average Bonchev–Trinajstić information content (AvgIpc) is 2.70. The minimum Gasteiger partial charge on any atom is -0.354 e. The standard InChI is InChI=1S/C24H27ClN2OS/c1-5-8-20(6-2)15-16-26-24(28)17-27(23-10-7-9-22(25)19(23)4)29-21-13-11-18(3)12-14-21/h5-14H,1-2,15-17H2,3-4H3,(H,26,28)/b20-8+. The summed E-state index contributed by atoms with van der Waals surface area (Å²) in [6, 6.07) is 14.0. The Hall–Kier alpha value is -2.43. The molecule has 29 heavy (non-hydrogen) atoms. The van der Waals surface area contributed by atoms with Crippen molar-refractivity contribution in [3.8, 4) is 0 Å². The Morgan fingerprint density at radius 2 is 1.90 bits per heavy atom. The fraction of sp³-hybridized carbons (Fsp3) is 0.208. The van der Waals surface area contributed by atoms with E-state index >= 15 is 0 Å². The van der Waals surface area contributed by atoms with Crippen LogP contribution in [0.3, 0.4) is 0 Å². The van der Waals surface area contributed by atoms with Crippen molar-refractivity contribution in [1.29, 1.82) is 0 Å². The zero-order valence-electron chi connectivity index (χ0n) is 17.0. The molecule has 0 radical (unpaired) electrons. The van der Waals surface area contributed by atoms with E-state index in [9.17, 15) is 4.79 Å². The maximum Gasteiger partial charge on any atom is 0.240 e. The van der Waals surface area contributed by atoms with Gasteiger partial charge in [-0.15, -0.1) is 0 Å². The first-order chi connectivity index (χ1) is 13.9. The number of nitrogens with zero attached hydrogens (tertiary/aromatic N) is 1. The highest BCUT2D eigenvalue weighted by atomic mass is 35.5. The highest BCUT2D eigenvalue weighted by molar-refractivity contribution is 8.00. The number of anilines is 1. The third kappa shape index (κ3) is 7.15. The monoisotopic (exact) mass is 426 g/mol. The fourth-order valence-corrected chi connectivity index (χ4v) is 3.86. The predicted molar refractivity (Wildman–Crippen MR) is 127 cm³/mol. The zero-order valence-corrected chi connectivity index (χ0v) is 18.5. The number of carbonyl (C=O) groups is 1. The van der Waals surface area contributed by atoms with Crippen LogP contribution in [0.1, 0.15) is 17.5 Å². The Morgan fingerprint density at radius 3 is 2.55 bits per heavy atom. The summed E-state index contributed by atoms with van der Waals surface area (Å²) in [5.74, 6) is -0.0500. The minimum atomic E-state index is -0.0500. The van der Waals surface area contributed by atoms with Crippen LogP contribution in [0.2, 0.25) is 5.02 Å². The molecule has 0 heterocycles. The number of hydrogen-bond donors (Lipinski definition) is 1. The highest BCUT2D eigenvalue weighted by Gasteiger charge is 2.16. The van der Waals surface area contributed by atoms with Gasteiger partial charge in [-0.3, -0.25) is 4.79 Å². The molecule has 152 valence electrons. The molecule has 0 aliphatic heterocycles. The molecular formula is C24H27ClN2OS. The number of aryl methyl sites for hydroxylation is 1. The Bertz CT molecular complexity index is 890. The van der Waals surface area contributed by atoms with Gasteiger partial charge in [-0.2, -0.15) is 0 Å². The van der Waals surface area contributed by atoms with Crippen LogP contribution in [-0.2, 0) is 4.79 Å². The first kappa shape index (κ1) is 22.9. The molecule has 0 unspecified atom stereocenters. The first-order valence-corrected chi connectivity index (χ1v) is 10.6. The number of carbonyl (C=O) groups excluding carboxylic acids is 1. The quantitative estimate of drug-likeness (QED) is 0.358. The molecule has 1 N–H and O–H groups in total. The Morgan fingerprint density at radius 1 is 1.17 bits per heavy atom. The number of nitrogens with one attached hydrogen (secondary N) is 1. The Kier molecular flexibility index (Phi) is 9.10. The van der Waals surface area contributed by atoms with Crippen molar-refractivity contribution >= 4 is 35.1 Å². The average molecular weight is 427 g/mol. The molecule has 5 heteroatoms. The molecule has 3 nitrogen and oxygen atoms in total. The summed E-state index contributed by atoms with van der Waals surface area (Å²) in [6.07, 6.45) is 6.11. The minimum absolute atomic E-state index is 0.0500. The molecule has 2 aromatic rings. The summed E-state index contributed by atoms with van der Waals surface area (Å²) in [4.78, 5) is 13.7. The van der Waals surface area contributed by atoms with Gasteiger partial charge < -0.3 is 9.62 Å². The molecule has 2 rings (SSSR count). The molecule has 0 spiro atoms. The van der Waals surface area contributed by atoms with Crippen molar-refractivity contribution in [2.24, 2.45) is 0 Å². The van der Waals surface area contributed by atoms with Crippen molar-refractivity contribution in [3.05, 3.63) is 95.6 Å². The molecule has 0 saturated heterocycles. The summed E-state index contributed by atoms with van der Waals surface area (Å²) in [5.41, 5.74) is 4.11. The van der Waals surface area contributed by atoms with E-state index in [1.54, 1.807) is 12.2 Å². The lowest BCUT2D eigenvalue weighted by Gasteiger charge is -2.25. The summed E-state index contributed by atoms with van der Waals surface area (Å²) >= 11 is 7.85. The lowest BCUT2D eigenvalue weighted by atomic mass is 10.1. The van der Waals surface area contributed by atoms with Crippen molar-refractivity contribution < 1.29 is 4.79 Å². The maximum atomic E-state index is 12.6. The summed E-state index contributed by atoms with van der Waals surface area (Å²) in [5, 5.41) is 3.67. The number of hydrogen-bond acceptors (Lipinski definition) is 3. The molecule has 2 aromatic carbocycles. The highest BCUT2D eigenvalue weighted by Crippen LogP contribution is 2.34. The van der Waals surface area contributed by atoms with Crippen LogP contribution in [-0.4, -0.2) is 19.0 Å². The van der Waals surface area contributed by atoms with E-state index in [1.807, 2.05) is 35.5 Å². The number of benzene rings is 2. The third-order valence-corrected chi connectivity index (χ3v) is 5.80. The van der Waals surface area contributed by atoms with Gasteiger partial charge in [-0.25, -0.2) is 0 Å². The van der Waals surface area contributed by atoms with Crippen molar-refractivity contribution in [3.63, 3.8) is 0 Å². The van der Waals surface area contributed by atoms with Crippen molar-refractivity contribution in [2.45, 2.75) is 25.2 Å². The lowest BCUT2D eigenvalue weighted by molar-refractivity contribution is -0.119. The van der Waals surface area contributed by atoms with Crippen LogP contribution in [0, 0.1) is 13.8 Å². The van der Waals surface area contributed by atoms with Crippen molar-refractivity contribution in [2.75, 3.05) is 17.4 Å². The van der Waals surface area contributed by atoms with Crippen molar-refractivity contribution in [1.82, 2.24) is 5.32 Å². The Balaban J connectivity index is 2.12. The number of amides is 1. The van der Waals surface area contributed by atoms with Gasteiger partial charge in [0.05, 0.1) is 5.69 Å². The van der Waals surface area contributed by atoms with E-state index in [4.69, 9.17) is 11.6 Å². The van der Waals surface area contributed by atoms with Crippen LogP contribution in [0.15, 0.2) is 84.3 Å². The SMILES string of the molecule is C=C/C=C(\C=C)CCNC(=O)CN(Sc1ccc(C)cc1)c1cccc(Cl)c1C. The fourth-order valence-electron chi connectivity index (χ4n) is 2.70. The number of allylic oxidation sites excluding steroid dienone is 3. The maximum absolute atomic E-state index is 12.6. The predicted octanol–water partition coefficient (Wildman–Crippen LogP) is 6.28. The van der Waals surface area contributed by atoms with Gasteiger partial charge >= 0.3 is 0 Å². The van der Waals surface area contributed by atoms with E-state index < -0.39 is 0 Å². The lowest BCUT2D eigenvalue weighted by Crippen LogP contribution is -2.34. The summed E-state index contributed by atoms with van der Waals surface area (Å²) < 4.78 is 1.98. The zero-order chi connectivity index (χ0) is 21.2. The molecule has 0 aliphatic rings. The molecule has 0 saturated carbocycles. The van der Waals surface area contributed by atoms with Gasteiger partial charge in [0.25, 0.3) is 0 Å². The molecule has 1 amide bonds.